The summed E-state index contributed by atoms with van der Waals surface area (Å²) in [5.41, 5.74) is 2.45. The van der Waals surface area contributed by atoms with Gasteiger partial charge in [-0.25, -0.2) is 15.0 Å². The third kappa shape index (κ3) is 3.67. The molecule has 0 atom stereocenters. The number of thiazole rings is 1. The molecule has 3 aromatic heterocycles. The highest BCUT2D eigenvalue weighted by molar-refractivity contribution is 7.13. The van der Waals surface area contributed by atoms with Crippen molar-refractivity contribution < 1.29 is 4.79 Å². The quantitative estimate of drug-likeness (QED) is 0.766. The average molecular weight is 326 g/mol. The van der Waals surface area contributed by atoms with Gasteiger partial charge in [0.1, 0.15) is 0 Å². The Morgan fingerprint density at radius 2 is 2.04 bits per heavy atom. The predicted molar refractivity (Wildman–Crippen MR) is 89.1 cm³/mol. The minimum atomic E-state index is -0.359. The van der Waals surface area contributed by atoms with Crippen molar-refractivity contribution in [3.8, 4) is 0 Å². The summed E-state index contributed by atoms with van der Waals surface area (Å²) < 4.78 is 0. The van der Waals surface area contributed by atoms with Crippen LogP contribution in [0.5, 0.6) is 0 Å². The van der Waals surface area contributed by atoms with Gasteiger partial charge in [-0.15, -0.1) is 11.3 Å². The Bertz CT molecular complexity index is 833. The minimum Gasteiger partial charge on any atom is -0.337 e. The van der Waals surface area contributed by atoms with Crippen molar-refractivity contribution in [3.63, 3.8) is 0 Å². The molecular weight excluding hydrogens is 312 g/mol. The van der Waals surface area contributed by atoms with E-state index in [1.54, 1.807) is 31.6 Å². The SMILES string of the molecule is Cc1csc(NC(=O)c2nc(C)cnc2Nc2cccnc2)n1. The van der Waals surface area contributed by atoms with Gasteiger partial charge >= 0.3 is 0 Å². The lowest BCUT2D eigenvalue weighted by atomic mass is 10.3. The summed E-state index contributed by atoms with van der Waals surface area (Å²) in [4.78, 5) is 29.3. The van der Waals surface area contributed by atoms with E-state index in [1.165, 1.54) is 11.3 Å². The van der Waals surface area contributed by atoms with E-state index in [-0.39, 0.29) is 11.6 Å². The first-order chi connectivity index (χ1) is 11.1. The molecule has 0 bridgehead atoms. The maximum atomic E-state index is 12.5. The van der Waals surface area contributed by atoms with E-state index < -0.39 is 0 Å². The Morgan fingerprint density at radius 3 is 2.74 bits per heavy atom. The number of carbonyl (C=O) groups excluding carboxylic acids is 1. The number of amides is 1. The van der Waals surface area contributed by atoms with Gasteiger partial charge in [0.05, 0.1) is 29.5 Å². The summed E-state index contributed by atoms with van der Waals surface area (Å²) in [6.45, 7) is 3.65. The molecule has 0 aliphatic heterocycles. The van der Waals surface area contributed by atoms with Gasteiger partial charge in [-0.3, -0.25) is 15.1 Å². The zero-order valence-electron chi connectivity index (χ0n) is 12.6. The van der Waals surface area contributed by atoms with E-state index in [4.69, 9.17) is 0 Å². The van der Waals surface area contributed by atoms with E-state index in [2.05, 4.69) is 30.6 Å². The molecule has 0 aliphatic carbocycles. The Hall–Kier alpha value is -2.87. The molecule has 0 saturated heterocycles. The predicted octanol–water partition coefficient (Wildman–Crippen LogP) is 2.94. The van der Waals surface area contributed by atoms with Crippen molar-refractivity contribution in [2.24, 2.45) is 0 Å². The highest BCUT2D eigenvalue weighted by atomic mass is 32.1. The molecule has 0 unspecified atom stereocenters. The number of nitrogens with one attached hydrogen (secondary N) is 2. The van der Waals surface area contributed by atoms with Crippen LogP contribution in [0, 0.1) is 13.8 Å². The van der Waals surface area contributed by atoms with Crippen LogP contribution in [0.15, 0.2) is 36.1 Å². The number of aromatic nitrogens is 4. The Morgan fingerprint density at radius 1 is 1.17 bits per heavy atom. The van der Waals surface area contributed by atoms with Gasteiger partial charge in [0, 0.05) is 11.6 Å². The molecule has 1 amide bonds. The summed E-state index contributed by atoms with van der Waals surface area (Å²) in [5.74, 6) is 0.0105. The molecule has 116 valence electrons. The van der Waals surface area contributed by atoms with E-state index in [1.807, 2.05) is 18.4 Å². The average Bonchev–Trinajstić information content (AvgIpc) is 2.95. The van der Waals surface area contributed by atoms with Gasteiger partial charge in [0.25, 0.3) is 5.91 Å². The Balaban J connectivity index is 1.88. The van der Waals surface area contributed by atoms with Gasteiger partial charge in [-0.05, 0) is 26.0 Å². The normalized spacial score (nSPS) is 10.3. The molecule has 3 heterocycles. The topological polar surface area (TPSA) is 92.7 Å². The largest absolute Gasteiger partial charge is 0.337 e. The number of aryl methyl sites for hydroxylation is 2. The number of hydrogen-bond acceptors (Lipinski definition) is 7. The zero-order valence-corrected chi connectivity index (χ0v) is 13.4. The molecule has 7 nitrogen and oxygen atoms in total. The maximum Gasteiger partial charge on any atom is 0.279 e. The number of rotatable bonds is 4. The van der Waals surface area contributed by atoms with E-state index in [9.17, 15) is 4.79 Å². The second-order valence-electron chi connectivity index (χ2n) is 4.82. The fourth-order valence-electron chi connectivity index (χ4n) is 1.87. The third-order valence-electron chi connectivity index (χ3n) is 2.87. The Kier molecular flexibility index (Phi) is 4.24. The van der Waals surface area contributed by atoms with Crippen LogP contribution in [0.4, 0.5) is 16.6 Å². The monoisotopic (exact) mass is 326 g/mol. The molecule has 3 aromatic rings. The van der Waals surface area contributed by atoms with Crippen molar-refractivity contribution >= 4 is 33.9 Å². The molecule has 3 rings (SSSR count). The first-order valence-corrected chi connectivity index (χ1v) is 7.74. The minimum absolute atomic E-state index is 0.210. The number of pyridine rings is 1. The molecule has 2 N–H and O–H groups in total. The van der Waals surface area contributed by atoms with E-state index in [0.29, 0.717) is 16.6 Å². The van der Waals surface area contributed by atoms with Crippen LogP contribution in [0.25, 0.3) is 0 Å². The highest BCUT2D eigenvalue weighted by Crippen LogP contribution is 2.20. The number of carbonyl (C=O) groups is 1. The Labute approximate surface area is 136 Å². The molecule has 0 radical (unpaired) electrons. The molecule has 8 heteroatoms. The second kappa shape index (κ2) is 6.49. The van der Waals surface area contributed by atoms with Crippen molar-refractivity contribution in [3.05, 3.63) is 53.2 Å². The van der Waals surface area contributed by atoms with Crippen LogP contribution in [-0.2, 0) is 0 Å². The number of anilines is 3. The summed E-state index contributed by atoms with van der Waals surface area (Å²) in [6.07, 6.45) is 4.92. The van der Waals surface area contributed by atoms with Crippen LogP contribution in [0.3, 0.4) is 0 Å². The fourth-order valence-corrected chi connectivity index (χ4v) is 2.55. The molecule has 0 spiro atoms. The van der Waals surface area contributed by atoms with Crippen molar-refractivity contribution in [2.75, 3.05) is 10.6 Å². The van der Waals surface area contributed by atoms with Crippen molar-refractivity contribution in [1.82, 2.24) is 19.9 Å². The number of nitrogens with zero attached hydrogens (tertiary/aromatic N) is 4. The first kappa shape index (κ1) is 15.0. The molecule has 0 saturated carbocycles. The maximum absolute atomic E-state index is 12.5. The summed E-state index contributed by atoms with van der Waals surface area (Å²) in [6, 6.07) is 3.63. The van der Waals surface area contributed by atoms with Crippen LogP contribution < -0.4 is 10.6 Å². The lowest BCUT2D eigenvalue weighted by molar-refractivity contribution is 0.102. The fraction of sp³-hybridized carbons (Fsp3) is 0.133. The molecule has 0 aliphatic rings. The van der Waals surface area contributed by atoms with Gasteiger partial charge in [0.15, 0.2) is 16.6 Å². The first-order valence-electron chi connectivity index (χ1n) is 6.86. The van der Waals surface area contributed by atoms with Gasteiger partial charge in [-0.2, -0.15) is 0 Å². The van der Waals surface area contributed by atoms with Gasteiger partial charge in [0.2, 0.25) is 0 Å². The van der Waals surface area contributed by atoms with Crippen LogP contribution >= 0.6 is 11.3 Å². The highest BCUT2D eigenvalue weighted by Gasteiger charge is 2.17. The van der Waals surface area contributed by atoms with Crippen LogP contribution in [-0.4, -0.2) is 25.8 Å². The van der Waals surface area contributed by atoms with E-state index >= 15 is 0 Å². The van der Waals surface area contributed by atoms with Crippen LogP contribution in [0.2, 0.25) is 0 Å². The summed E-state index contributed by atoms with van der Waals surface area (Å²) >= 11 is 1.36. The van der Waals surface area contributed by atoms with Crippen molar-refractivity contribution in [2.45, 2.75) is 13.8 Å². The summed E-state index contributed by atoms with van der Waals surface area (Å²) in [7, 11) is 0. The second-order valence-corrected chi connectivity index (χ2v) is 5.68. The smallest absolute Gasteiger partial charge is 0.279 e. The van der Waals surface area contributed by atoms with E-state index in [0.717, 1.165) is 11.4 Å². The number of hydrogen-bond donors (Lipinski definition) is 2. The lowest BCUT2D eigenvalue weighted by Crippen LogP contribution is -2.17. The summed E-state index contributed by atoms with van der Waals surface area (Å²) in [5, 5.41) is 8.20. The van der Waals surface area contributed by atoms with Gasteiger partial charge in [-0.1, -0.05) is 0 Å². The molecule has 0 fully saturated rings. The van der Waals surface area contributed by atoms with Crippen LogP contribution in [0.1, 0.15) is 21.9 Å². The standard InChI is InChI=1S/C15H14N6OS/c1-9-6-17-13(20-11-4-3-5-16-7-11)12(18-9)14(22)21-15-19-10(2)8-23-15/h3-8H,1-2H3,(H,17,20)(H,19,21,22). The van der Waals surface area contributed by atoms with Gasteiger partial charge < -0.3 is 5.32 Å². The molecular formula is C15H14N6OS. The molecule has 23 heavy (non-hydrogen) atoms. The third-order valence-corrected chi connectivity index (χ3v) is 3.75. The molecule has 0 aromatic carbocycles. The van der Waals surface area contributed by atoms with Crippen molar-refractivity contribution in [1.29, 1.82) is 0 Å². The zero-order chi connectivity index (χ0) is 16.2. The lowest BCUT2D eigenvalue weighted by Gasteiger charge is -2.10.